The van der Waals surface area contributed by atoms with Crippen molar-refractivity contribution in [2.75, 3.05) is 6.54 Å². The fraction of sp³-hybridized carbons (Fsp3) is 0.875. The van der Waals surface area contributed by atoms with Crippen LogP contribution in [0.5, 0.6) is 0 Å². The molecule has 0 radical (unpaired) electrons. The van der Waals surface area contributed by atoms with E-state index in [1.165, 1.54) is 38.5 Å². The monoisotopic (exact) mass is 277 g/mol. The Labute approximate surface area is 121 Å². The summed E-state index contributed by atoms with van der Waals surface area (Å²) in [6.45, 7) is 5.57. The lowest BCUT2D eigenvalue weighted by molar-refractivity contribution is 0.247. The highest BCUT2D eigenvalue weighted by molar-refractivity contribution is 5.08. The van der Waals surface area contributed by atoms with Crippen LogP contribution in [0.3, 0.4) is 0 Å². The molecule has 1 atom stereocenters. The molecular weight excluding hydrogens is 250 g/mol. The van der Waals surface area contributed by atoms with Crippen molar-refractivity contribution in [3.05, 3.63) is 11.7 Å². The zero-order valence-electron chi connectivity index (χ0n) is 12.8. The third-order valence-electron chi connectivity index (χ3n) is 5.49. The van der Waals surface area contributed by atoms with Gasteiger partial charge in [-0.05, 0) is 57.4 Å². The van der Waals surface area contributed by atoms with E-state index in [4.69, 9.17) is 9.51 Å². The van der Waals surface area contributed by atoms with E-state index in [1.54, 1.807) is 0 Å². The largest absolute Gasteiger partial charge is 0.337 e. The third kappa shape index (κ3) is 2.50. The molecule has 1 saturated heterocycles. The van der Waals surface area contributed by atoms with Crippen molar-refractivity contribution in [3.63, 3.8) is 0 Å². The van der Waals surface area contributed by atoms with Crippen molar-refractivity contribution >= 4 is 0 Å². The molecule has 0 spiro atoms. The average molecular weight is 277 g/mol. The molecule has 1 N–H and O–H groups in total. The lowest BCUT2D eigenvalue weighted by Gasteiger charge is -2.25. The molecule has 0 aromatic carbocycles. The Hall–Kier alpha value is -0.900. The maximum Gasteiger partial charge on any atom is 0.246 e. The Morgan fingerprint density at radius 2 is 2.05 bits per heavy atom. The van der Waals surface area contributed by atoms with Crippen LogP contribution in [-0.2, 0) is 5.54 Å². The lowest BCUT2D eigenvalue weighted by atomic mass is 9.80. The summed E-state index contributed by atoms with van der Waals surface area (Å²) >= 11 is 0. The van der Waals surface area contributed by atoms with Gasteiger partial charge in [0.15, 0.2) is 5.82 Å². The number of rotatable bonds is 4. The summed E-state index contributed by atoms with van der Waals surface area (Å²) in [6.07, 6.45) is 9.75. The van der Waals surface area contributed by atoms with E-state index in [2.05, 4.69) is 24.3 Å². The highest BCUT2D eigenvalue weighted by Gasteiger charge is 2.39. The van der Waals surface area contributed by atoms with Gasteiger partial charge in [0.25, 0.3) is 0 Å². The molecule has 1 unspecified atom stereocenters. The molecule has 1 aromatic rings. The van der Waals surface area contributed by atoms with Crippen LogP contribution < -0.4 is 5.32 Å². The molecule has 0 amide bonds. The van der Waals surface area contributed by atoms with Gasteiger partial charge in [-0.2, -0.15) is 4.98 Å². The van der Waals surface area contributed by atoms with E-state index in [-0.39, 0.29) is 5.54 Å². The van der Waals surface area contributed by atoms with Gasteiger partial charge < -0.3 is 9.84 Å². The summed E-state index contributed by atoms with van der Waals surface area (Å²) in [6, 6.07) is 0. The van der Waals surface area contributed by atoms with Gasteiger partial charge in [-0.1, -0.05) is 25.4 Å². The second-order valence-corrected chi connectivity index (χ2v) is 6.55. The summed E-state index contributed by atoms with van der Waals surface area (Å²) in [5.74, 6) is 3.21. The molecule has 1 saturated carbocycles. The van der Waals surface area contributed by atoms with Crippen LogP contribution in [0.2, 0.25) is 0 Å². The van der Waals surface area contributed by atoms with Gasteiger partial charge in [-0.3, -0.25) is 0 Å². The fourth-order valence-corrected chi connectivity index (χ4v) is 3.87. The normalized spacial score (nSPS) is 34.5. The second-order valence-electron chi connectivity index (χ2n) is 6.55. The minimum Gasteiger partial charge on any atom is -0.337 e. The van der Waals surface area contributed by atoms with E-state index in [0.29, 0.717) is 5.92 Å². The maximum atomic E-state index is 5.63. The fourth-order valence-electron chi connectivity index (χ4n) is 3.87. The molecule has 1 aliphatic carbocycles. The minimum atomic E-state index is -0.0497. The van der Waals surface area contributed by atoms with Crippen molar-refractivity contribution in [1.82, 2.24) is 15.5 Å². The summed E-state index contributed by atoms with van der Waals surface area (Å²) < 4.78 is 5.63. The van der Waals surface area contributed by atoms with Gasteiger partial charge in [0.2, 0.25) is 5.89 Å². The average Bonchev–Trinajstić information content (AvgIpc) is 3.17. The van der Waals surface area contributed by atoms with E-state index in [0.717, 1.165) is 37.0 Å². The minimum absolute atomic E-state index is 0.0497. The van der Waals surface area contributed by atoms with Crippen LogP contribution >= 0.6 is 0 Å². The van der Waals surface area contributed by atoms with Crippen molar-refractivity contribution in [2.24, 2.45) is 5.92 Å². The second kappa shape index (κ2) is 5.84. The van der Waals surface area contributed by atoms with Crippen molar-refractivity contribution in [1.29, 1.82) is 0 Å². The van der Waals surface area contributed by atoms with E-state index in [1.807, 2.05) is 0 Å². The van der Waals surface area contributed by atoms with E-state index < -0.39 is 0 Å². The Balaban J connectivity index is 1.71. The van der Waals surface area contributed by atoms with Crippen LogP contribution in [0.15, 0.2) is 4.52 Å². The Morgan fingerprint density at radius 3 is 2.65 bits per heavy atom. The van der Waals surface area contributed by atoms with E-state index in [9.17, 15) is 0 Å². The zero-order valence-corrected chi connectivity index (χ0v) is 12.8. The van der Waals surface area contributed by atoms with Crippen LogP contribution in [0.4, 0.5) is 0 Å². The first-order valence-electron chi connectivity index (χ1n) is 8.36. The first-order valence-corrected chi connectivity index (χ1v) is 8.36. The van der Waals surface area contributed by atoms with Crippen molar-refractivity contribution in [2.45, 2.75) is 76.7 Å². The summed E-state index contributed by atoms with van der Waals surface area (Å²) in [5.41, 5.74) is -0.0497. The number of nitrogens with one attached hydrogen (secondary N) is 1. The number of hydrogen-bond donors (Lipinski definition) is 1. The SMILES string of the molecule is CCC1CCC(c2noc(C3(CC)CCCN3)n2)CC1. The van der Waals surface area contributed by atoms with Crippen LogP contribution in [0.1, 0.15) is 82.8 Å². The van der Waals surface area contributed by atoms with Crippen LogP contribution in [-0.4, -0.2) is 16.7 Å². The Morgan fingerprint density at radius 1 is 1.25 bits per heavy atom. The number of hydrogen-bond acceptors (Lipinski definition) is 4. The third-order valence-corrected chi connectivity index (χ3v) is 5.49. The van der Waals surface area contributed by atoms with Crippen LogP contribution in [0.25, 0.3) is 0 Å². The standard InChI is InChI=1S/C16H27N3O/c1-3-12-6-8-13(9-7-12)14-18-15(20-19-14)16(4-2)10-5-11-17-16/h12-13,17H,3-11H2,1-2H3. The molecule has 2 heterocycles. The predicted octanol–water partition coefficient (Wildman–Crippen LogP) is 3.74. The van der Waals surface area contributed by atoms with Gasteiger partial charge in [0.1, 0.15) is 0 Å². The van der Waals surface area contributed by atoms with Gasteiger partial charge in [-0.25, -0.2) is 0 Å². The van der Waals surface area contributed by atoms with E-state index >= 15 is 0 Å². The lowest BCUT2D eigenvalue weighted by Crippen LogP contribution is -2.36. The molecule has 3 rings (SSSR count). The van der Waals surface area contributed by atoms with Crippen LogP contribution in [0, 0.1) is 5.92 Å². The first-order chi connectivity index (χ1) is 9.77. The van der Waals surface area contributed by atoms with Gasteiger partial charge in [0.05, 0.1) is 5.54 Å². The molecule has 4 heteroatoms. The summed E-state index contributed by atoms with van der Waals surface area (Å²) in [5, 5.41) is 7.87. The number of aromatic nitrogens is 2. The molecule has 1 aromatic heterocycles. The molecule has 2 fully saturated rings. The highest BCUT2D eigenvalue weighted by Crippen LogP contribution is 2.38. The quantitative estimate of drug-likeness (QED) is 0.910. The predicted molar refractivity (Wildman–Crippen MR) is 78.5 cm³/mol. The summed E-state index contributed by atoms with van der Waals surface area (Å²) in [7, 11) is 0. The molecule has 0 bridgehead atoms. The highest BCUT2D eigenvalue weighted by atomic mass is 16.5. The Kier molecular flexibility index (Phi) is 4.11. The molecule has 1 aliphatic heterocycles. The molecule has 4 nitrogen and oxygen atoms in total. The summed E-state index contributed by atoms with van der Waals surface area (Å²) in [4.78, 5) is 4.77. The smallest absolute Gasteiger partial charge is 0.246 e. The van der Waals surface area contributed by atoms with Crippen molar-refractivity contribution in [3.8, 4) is 0 Å². The van der Waals surface area contributed by atoms with Gasteiger partial charge in [-0.15, -0.1) is 0 Å². The number of nitrogens with zero attached hydrogens (tertiary/aromatic N) is 2. The Bertz CT molecular complexity index is 429. The zero-order chi connectivity index (χ0) is 14.0. The van der Waals surface area contributed by atoms with Crippen molar-refractivity contribution < 1.29 is 4.52 Å². The maximum absolute atomic E-state index is 5.63. The molecule has 20 heavy (non-hydrogen) atoms. The first kappa shape index (κ1) is 14.1. The molecule has 112 valence electrons. The van der Waals surface area contributed by atoms with Gasteiger partial charge in [0, 0.05) is 5.92 Å². The van der Waals surface area contributed by atoms with Gasteiger partial charge >= 0.3 is 0 Å². The molecule has 2 aliphatic rings. The molecular formula is C16H27N3O. The topological polar surface area (TPSA) is 51.0 Å².